The van der Waals surface area contributed by atoms with Crippen LogP contribution in [-0.2, 0) is 19.4 Å². The maximum Gasteiger partial charge on any atom is 0.201 e. The van der Waals surface area contributed by atoms with Gasteiger partial charge in [0.25, 0.3) is 0 Å². The Hall–Kier alpha value is -2.93. The lowest BCUT2D eigenvalue weighted by Gasteiger charge is -2.17. The number of phenolic OH excluding ortho intramolecular Hbond substituents is 1. The lowest BCUT2D eigenvalue weighted by atomic mass is 9.93. The molecule has 162 valence electrons. The van der Waals surface area contributed by atoms with E-state index in [0.29, 0.717) is 29.2 Å². The zero-order valence-electron chi connectivity index (χ0n) is 17.3. The van der Waals surface area contributed by atoms with Gasteiger partial charge in [0.2, 0.25) is 5.78 Å². The van der Waals surface area contributed by atoms with Crippen molar-refractivity contribution < 1.29 is 45.3 Å². The fourth-order valence-electron chi connectivity index (χ4n) is 3.89. The Labute approximate surface area is 190 Å². The number of aromatic hydroxyl groups is 1. The van der Waals surface area contributed by atoms with E-state index in [4.69, 9.17) is 9.47 Å². The second-order valence-corrected chi connectivity index (χ2v) is 7.56. The molecule has 0 amide bonds. The Balaban J connectivity index is 0.00000272. The van der Waals surface area contributed by atoms with Gasteiger partial charge in [0, 0.05) is 36.1 Å². The van der Waals surface area contributed by atoms with E-state index in [0.717, 1.165) is 11.1 Å². The summed E-state index contributed by atoms with van der Waals surface area (Å²) >= 11 is 0. The van der Waals surface area contributed by atoms with Gasteiger partial charge in [-0.2, -0.15) is 0 Å². The number of hydrogen-bond acceptors (Lipinski definition) is 4. The molecule has 1 atom stereocenters. The van der Waals surface area contributed by atoms with E-state index >= 15 is 4.39 Å². The highest BCUT2D eigenvalue weighted by atomic mass is 79.9. The summed E-state index contributed by atoms with van der Waals surface area (Å²) in [5, 5.41) is 9.38. The summed E-state index contributed by atoms with van der Waals surface area (Å²) in [6.45, 7) is 0.630. The Bertz CT molecular complexity index is 1090. The van der Waals surface area contributed by atoms with Crippen molar-refractivity contribution in [3.05, 3.63) is 83.2 Å². The van der Waals surface area contributed by atoms with Gasteiger partial charge in [-0.25, -0.2) is 8.96 Å². The molecule has 1 aromatic heterocycles. The highest BCUT2D eigenvalue weighted by Crippen LogP contribution is 2.41. The van der Waals surface area contributed by atoms with Crippen LogP contribution in [0.2, 0.25) is 0 Å². The molecule has 3 aromatic rings. The van der Waals surface area contributed by atoms with Gasteiger partial charge in [-0.05, 0) is 47.5 Å². The van der Waals surface area contributed by atoms with Crippen LogP contribution in [-0.4, -0.2) is 30.8 Å². The number of ketones is 1. The third-order valence-corrected chi connectivity index (χ3v) is 5.48. The minimum atomic E-state index is -1.98. The van der Waals surface area contributed by atoms with Crippen molar-refractivity contribution in [2.24, 2.45) is 0 Å². The quantitative estimate of drug-likeness (QED) is 0.512. The van der Waals surface area contributed by atoms with E-state index in [2.05, 4.69) is 0 Å². The van der Waals surface area contributed by atoms with Gasteiger partial charge in [0.1, 0.15) is 5.75 Å². The molecular formula is C24H23BrFNO4. The van der Waals surface area contributed by atoms with Crippen LogP contribution in [0.25, 0.3) is 0 Å². The number of alkyl halides is 1. The van der Waals surface area contributed by atoms with E-state index in [-0.39, 0.29) is 35.6 Å². The Morgan fingerprint density at radius 1 is 1.00 bits per heavy atom. The standard InChI is InChI=1S/C24H22FNO4.BrH/c1-29-21-11-18-14-24(25,23(28)20(18)12-22(21)30-2)13-16-7-9-26(10-8-16)15-17-3-5-19(27)6-4-17;/h3-12H,13-15H2,1-2H3;1H. The molecule has 0 fully saturated rings. The number of aromatic nitrogens is 1. The van der Waals surface area contributed by atoms with Crippen LogP contribution in [0.1, 0.15) is 27.0 Å². The molecule has 0 aliphatic heterocycles. The number of pyridine rings is 1. The van der Waals surface area contributed by atoms with Crippen molar-refractivity contribution in [3.63, 3.8) is 0 Å². The van der Waals surface area contributed by atoms with Gasteiger partial charge in [-0.3, -0.25) is 4.79 Å². The molecule has 5 nitrogen and oxygen atoms in total. The number of benzene rings is 2. The van der Waals surface area contributed by atoms with Crippen LogP contribution in [0.4, 0.5) is 4.39 Å². The summed E-state index contributed by atoms with van der Waals surface area (Å²) in [6, 6.07) is 13.9. The molecule has 0 saturated carbocycles. The molecular weight excluding hydrogens is 465 g/mol. The number of hydrogen-bond donors (Lipinski definition) is 1. The average Bonchev–Trinajstić information content (AvgIpc) is 2.99. The van der Waals surface area contributed by atoms with Crippen LogP contribution >= 0.6 is 0 Å². The zero-order chi connectivity index (χ0) is 21.3. The third-order valence-electron chi connectivity index (χ3n) is 5.48. The highest BCUT2D eigenvalue weighted by Gasteiger charge is 2.46. The number of methoxy groups -OCH3 is 2. The lowest BCUT2D eigenvalue weighted by Crippen LogP contribution is -3.00. The number of phenols is 1. The number of carbonyl (C=O) groups is 1. The summed E-state index contributed by atoms with van der Waals surface area (Å²) in [7, 11) is 3.00. The predicted molar refractivity (Wildman–Crippen MR) is 109 cm³/mol. The summed E-state index contributed by atoms with van der Waals surface area (Å²) in [6.07, 6.45) is 3.75. The minimum Gasteiger partial charge on any atom is -1.00 e. The summed E-state index contributed by atoms with van der Waals surface area (Å²) in [4.78, 5) is 12.8. The fourth-order valence-corrected chi connectivity index (χ4v) is 3.89. The SMILES string of the molecule is COc1cc2c(cc1OC)C(=O)C(F)(Cc1cc[n+](Cc3ccc(O)cc3)cc1)C2.[Br-]. The van der Waals surface area contributed by atoms with Crippen molar-refractivity contribution in [2.45, 2.75) is 25.1 Å². The number of Topliss-reactive ketones (excluding diaryl/α,β-unsaturated/α-hetero) is 1. The normalized spacial score (nSPS) is 17.1. The first-order chi connectivity index (χ1) is 14.4. The Morgan fingerprint density at radius 3 is 2.23 bits per heavy atom. The van der Waals surface area contributed by atoms with Gasteiger partial charge in [0.15, 0.2) is 36.1 Å². The van der Waals surface area contributed by atoms with E-state index in [9.17, 15) is 9.90 Å². The van der Waals surface area contributed by atoms with Crippen molar-refractivity contribution >= 4 is 5.78 Å². The van der Waals surface area contributed by atoms with E-state index in [1.165, 1.54) is 14.2 Å². The number of halogens is 2. The van der Waals surface area contributed by atoms with Gasteiger partial charge in [-0.1, -0.05) is 0 Å². The van der Waals surface area contributed by atoms with Crippen LogP contribution in [0.5, 0.6) is 17.2 Å². The molecule has 1 heterocycles. The molecule has 31 heavy (non-hydrogen) atoms. The second-order valence-electron chi connectivity index (χ2n) is 7.56. The Kier molecular flexibility index (Phi) is 6.65. The predicted octanol–water partition coefficient (Wildman–Crippen LogP) is 0.439. The molecule has 2 aromatic carbocycles. The summed E-state index contributed by atoms with van der Waals surface area (Å²) in [5.41, 5.74) is 0.798. The topological polar surface area (TPSA) is 59.6 Å². The van der Waals surface area contributed by atoms with E-state index in [1.807, 2.05) is 41.2 Å². The maximum absolute atomic E-state index is 15.7. The summed E-state index contributed by atoms with van der Waals surface area (Å²) in [5.74, 6) is 0.621. The fraction of sp³-hybridized carbons (Fsp3) is 0.250. The smallest absolute Gasteiger partial charge is 0.201 e. The van der Waals surface area contributed by atoms with Gasteiger partial charge in [-0.15, -0.1) is 0 Å². The average molecular weight is 488 g/mol. The molecule has 0 bridgehead atoms. The van der Waals surface area contributed by atoms with Crippen molar-refractivity contribution in [1.29, 1.82) is 0 Å². The minimum absolute atomic E-state index is 0. The molecule has 1 aliphatic carbocycles. The van der Waals surface area contributed by atoms with Crippen molar-refractivity contribution in [3.8, 4) is 17.2 Å². The molecule has 1 aliphatic rings. The number of fused-ring (bicyclic) bond motifs is 1. The monoisotopic (exact) mass is 487 g/mol. The van der Waals surface area contributed by atoms with Crippen LogP contribution < -0.4 is 31.0 Å². The zero-order valence-corrected chi connectivity index (χ0v) is 18.9. The van der Waals surface area contributed by atoms with E-state index < -0.39 is 11.5 Å². The third kappa shape index (κ3) is 4.56. The molecule has 1 unspecified atom stereocenters. The maximum atomic E-state index is 15.7. The van der Waals surface area contributed by atoms with Gasteiger partial charge in [0.05, 0.1) is 14.2 Å². The number of ether oxygens (including phenoxy) is 2. The molecule has 0 spiro atoms. The number of nitrogens with zero attached hydrogens (tertiary/aromatic N) is 1. The van der Waals surface area contributed by atoms with Crippen LogP contribution in [0.15, 0.2) is 60.9 Å². The number of carbonyl (C=O) groups excluding carboxylic acids is 1. The van der Waals surface area contributed by atoms with Gasteiger partial charge < -0.3 is 31.6 Å². The largest absolute Gasteiger partial charge is 1.00 e. The highest BCUT2D eigenvalue weighted by molar-refractivity contribution is 6.07. The first-order valence-electron chi connectivity index (χ1n) is 9.66. The molecule has 1 N–H and O–H groups in total. The lowest BCUT2D eigenvalue weighted by molar-refractivity contribution is -0.688. The first-order valence-corrected chi connectivity index (χ1v) is 9.66. The Morgan fingerprint density at radius 2 is 1.61 bits per heavy atom. The van der Waals surface area contributed by atoms with E-state index in [1.54, 1.807) is 24.3 Å². The second kappa shape index (κ2) is 9.06. The molecule has 7 heteroatoms. The summed E-state index contributed by atoms with van der Waals surface area (Å²) < 4.78 is 28.2. The van der Waals surface area contributed by atoms with Crippen molar-refractivity contribution in [2.75, 3.05) is 14.2 Å². The molecule has 4 rings (SSSR count). The van der Waals surface area contributed by atoms with Crippen LogP contribution in [0.3, 0.4) is 0 Å². The van der Waals surface area contributed by atoms with Crippen molar-refractivity contribution in [1.82, 2.24) is 0 Å². The molecule has 0 radical (unpaired) electrons. The number of rotatable bonds is 6. The first kappa shape index (κ1) is 22.7. The molecule has 0 saturated heterocycles. The van der Waals surface area contributed by atoms with Crippen LogP contribution in [0, 0.1) is 0 Å². The van der Waals surface area contributed by atoms with Gasteiger partial charge >= 0.3 is 0 Å².